The number of para-hydroxylation sites is 1. The molecule has 1 aliphatic heterocycles. The van der Waals surface area contributed by atoms with Crippen LogP contribution < -0.4 is 5.32 Å². The molecule has 1 heterocycles. The Bertz CT molecular complexity index is 397. The van der Waals surface area contributed by atoms with Crippen LogP contribution in [0.25, 0.3) is 0 Å². The van der Waals surface area contributed by atoms with Gasteiger partial charge < -0.3 is 19.5 Å². The monoisotopic (exact) mass is 265 g/mol. The third-order valence-corrected chi connectivity index (χ3v) is 2.96. The Morgan fingerprint density at radius 1 is 1.26 bits per heavy atom. The predicted molar refractivity (Wildman–Crippen MR) is 71.2 cm³/mol. The van der Waals surface area contributed by atoms with Crippen LogP contribution in [0.3, 0.4) is 0 Å². The van der Waals surface area contributed by atoms with Gasteiger partial charge in [-0.25, -0.2) is 4.79 Å². The SMILES string of the molecule is COCCOCCOC(=O)[C@@H]1Cc2ccccc2N1. The normalized spacial score (nSPS) is 16.8. The Morgan fingerprint density at radius 2 is 2.05 bits per heavy atom. The summed E-state index contributed by atoms with van der Waals surface area (Å²) in [5.74, 6) is -0.230. The first-order valence-corrected chi connectivity index (χ1v) is 6.39. The van der Waals surface area contributed by atoms with Crippen molar-refractivity contribution in [3.05, 3.63) is 29.8 Å². The molecule has 1 aliphatic rings. The van der Waals surface area contributed by atoms with Crippen LogP contribution in [0, 0.1) is 0 Å². The minimum absolute atomic E-state index is 0.230. The molecule has 1 aromatic rings. The van der Waals surface area contributed by atoms with Crippen molar-refractivity contribution in [3.8, 4) is 0 Å². The van der Waals surface area contributed by atoms with Crippen LogP contribution >= 0.6 is 0 Å². The van der Waals surface area contributed by atoms with E-state index in [-0.39, 0.29) is 18.6 Å². The maximum Gasteiger partial charge on any atom is 0.328 e. The van der Waals surface area contributed by atoms with Crippen molar-refractivity contribution in [1.82, 2.24) is 0 Å². The first kappa shape index (κ1) is 13.8. The molecule has 5 heteroatoms. The molecule has 1 N–H and O–H groups in total. The van der Waals surface area contributed by atoms with Gasteiger partial charge in [-0.2, -0.15) is 0 Å². The highest BCUT2D eigenvalue weighted by Crippen LogP contribution is 2.25. The predicted octanol–water partition coefficient (Wildman–Crippen LogP) is 1.23. The number of benzene rings is 1. The molecule has 0 fully saturated rings. The molecule has 0 aromatic heterocycles. The number of esters is 1. The van der Waals surface area contributed by atoms with E-state index in [2.05, 4.69) is 5.32 Å². The van der Waals surface area contributed by atoms with E-state index in [9.17, 15) is 4.79 Å². The van der Waals surface area contributed by atoms with Crippen molar-refractivity contribution >= 4 is 11.7 Å². The molecule has 0 spiro atoms. The van der Waals surface area contributed by atoms with Gasteiger partial charge in [0.15, 0.2) is 0 Å². The number of nitrogens with one attached hydrogen (secondary N) is 1. The zero-order valence-corrected chi connectivity index (χ0v) is 11.1. The lowest BCUT2D eigenvalue weighted by Gasteiger charge is -2.11. The smallest absolute Gasteiger partial charge is 0.328 e. The van der Waals surface area contributed by atoms with Crippen molar-refractivity contribution < 1.29 is 19.0 Å². The fourth-order valence-corrected chi connectivity index (χ4v) is 1.99. The van der Waals surface area contributed by atoms with Gasteiger partial charge in [0.1, 0.15) is 12.6 Å². The lowest BCUT2D eigenvalue weighted by Crippen LogP contribution is -2.30. The average Bonchev–Trinajstić information content (AvgIpc) is 2.86. The standard InChI is InChI=1S/C14H19NO4/c1-17-6-7-18-8-9-19-14(16)13-10-11-4-2-3-5-12(11)15-13/h2-5,13,15H,6-10H2,1H3/t13-/m0/s1. The van der Waals surface area contributed by atoms with E-state index in [0.717, 1.165) is 11.3 Å². The van der Waals surface area contributed by atoms with Gasteiger partial charge in [0.25, 0.3) is 0 Å². The summed E-state index contributed by atoms with van der Waals surface area (Å²) in [7, 11) is 1.62. The minimum Gasteiger partial charge on any atom is -0.462 e. The van der Waals surface area contributed by atoms with Crippen LogP contribution in [0.2, 0.25) is 0 Å². The molecular weight excluding hydrogens is 246 g/mol. The summed E-state index contributed by atoms with van der Waals surface area (Å²) in [6.45, 7) is 1.74. The van der Waals surface area contributed by atoms with E-state index in [1.807, 2.05) is 24.3 Å². The van der Waals surface area contributed by atoms with Gasteiger partial charge in [0.05, 0.1) is 19.8 Å². The molecular formula is C14H19NO4. The van der Waals surface area contributed by atoms with Crippen LogP contribution in [0.4, 0.5) is 5.69 Å². The summed E-state index contributed by atoms with van der Waals surface area (Å²) in [5.41, 5.74) is 2.17. The topological polar surface area (TPSA) is 56.8 Å². The summed E-state index contributed by atoms with van der Waals surface area (Å²) in [6, 6.07) is 7.62. The van der Waals surface area contributed by atoms with Crippen molar-refractivity contribution in [3.63, 3.8) is 0 Å². The lowest BCUT2D eigenvalue weighted by atomic mass is 10.1. The summed E-state index contributed by atoms with van der Waals surface area (Å²) in [5, 5.41) is 3.16. The number of anilines is 1. The number of hydrogen-bond acceptors (Lipinski definition) is 5. The van der Waals surface area contributed by atoms with Crippen LogP contribution in [-0.4, -0.2) is 45.5 Å². The largest absolute Gasteiger partial charge is 0.462 e. The van der Waals surface area contributed by atoms with Gasteiger partial charge in [0.2, 0.25) is 0 Å². The second kappa shape index (κ2) is 7.11. The fraction of sp³-hybridized carbons (Fsp3) is 0.500. The second-order valence-electron chi connectivity index (χ2n) is 4.33. The van der Waals surface area contributed by atoms with E-state index in [1.165, 1.54) is 0 Å². The number of ether oxygens (including phenoxy) is 3. The van der Waals surface area contributed by atoms with E-state index in [1.54, 1.807) is 7.11 Å². The quantitative estimate of drug-likeness (QED) is 0.593. The first-order valence-electron chi connectivity index (χ1n) is 6.39. The van der Waals surface area contributed by atoms with Crippen LogP contribution in [0.1, 0.15) is 5.56 Å². The Labute approximate surface area is 112 Å². The van der Waals surface area contributed by atoms with Crippen molar-refractivity contribution in [1.29, 1.82) is 0 Å². The molecule has 0 aliphatic carbocycles. The van der Waals surface area contributed by atoms with Crippen molar-refractivity contribution in [2.75, 3.05) is 38.9 Å². The Hall–Kier alpha value is -1.59. The van der Waals surface area contributed by atoms with Crippen molar-refractivity contribution in [2.45, 2.75) is 12.5 Å². The summed E-state index contributed by atoms with van der Waals surface area (Å²) in [4.78, 5) is 11.8. The molecule has 1 aromatic carbocycles. The van der Waals surface area contributed by atoms with Gasteiger partial charge >= 0.3 is 5.97 Å². The third-order valence-electron chi connectivity index (χ3n) is 2.96. The van der Waals surface area contributed by atoms with E-state index < -0.39 is 0 Å². The lowest BCUT2D eigenvalue weighted by molar-refractivity contribution is -0.146. The van der Waals surface area contributed by atoms with Gasteiger partial charge in [-0.05, 0) is 11.6 Å². The zero-order valence-electron chi connectivity index (χ0n) is 11.1. The van der Waals surface area contributed by atoms with E-state index in [0.29, 0.717) is 26.2 Å². The highest BCUT2D eigenvalue weighted by atomic mass is 16.6. The molecule has 104 valence electrons. The van der Waals surface area contributed by atoms with Gasteiger partial charge in [0, 0.05) is 19.2 Å². The number of methoxy groups -OCH3 is 1. The molecule has 0 saturated heterocycles. The Balaban J connectivity index is 1.66. The average molecular weight is 265 g/mol. The van der Waals surface area contributed by atoms with Crippen LogP contribution in [-0.2, 0) is 25.4 Å². The second-order valence-corrected chi connectivity index (χ2v) is 4.33. The molecule has 0 amide bonds. The minimum atomic E-state index is -0.281. The zero-order chi connectivity index (χ0) is 13.5. The van der Waals surface area contributed by atoms with E-state index >= 15 is 0 Å². The molecule has 0 radical (unpaired) electrons. The number of fused-ring (bicyclic) bond motifs is 1. The van der Waals surface area contributed by atoms with Crippen molar-refractivity contribution in [2.24, 2.45) is 0 Å². The molecule has 0 bridgehead atoms. The van der Waals surface area contributed by atoms with Gasteiger partial charge in [-0.15, -0.1) is 0 Å². The molecule has 5 nitrogen and oxygen atoms in total. The van der Waals surface area contributed by atoms with Crippen LogP contribution in [0.5, 0.6) is 0 Å². The maximum atomic E-state index is 11.8. The molecule has 0 unspecified atom stereocenters. The third kappa shape index (κ3) is 3.94. The molecule has 2 rings (SSSR count). The number of carbonyl (C=O) groups excluding carboxylic acids is 1. The summed E-state index contributed by atoms with van der Waals surface area (Å²) >= 11 is 0. The maximum absolute atomic E-state index is 11.8. The molecule has 19 heavy (non-hydrogen) atoms. The number of rotatable bonds is 7. The highest BCUT2D eigenvalue weighted by molar-refractivity contribution is 5.82. The Kier molecular flexibility index (Phi) is 5.18. The molecule has 1 atom stereocenters. The van der Waals surface area contributed by atoms with E-state index in [4.69, 9.17) is 14.2 Å². The fourth-order valence-electron chi connectivity index (χ4n) is 1.99. The first-order chi connectivity index (χ1) is 9.31. The summed E-state index contributed by atoms with van der Waals surface area (Å²) in [6.07, 6.45) is 0.680. The van der Waals surface area contributed by atoms with Gasteiger partial charge in [-0.3, -0.25) is 0 Å². The van der Waals surface area contributed by atoms with Crippen LogP contribution in [0.15, 0.2) is 24.3 Å². The van der Waals surface area contributed by atoms with Gasteiger partial charge in [-0.1, -0.05) is 18.2 Å². The highest BCUT2D eigenvalue weighted by Gasteiger charge is 2.27. The Morgan fingerprint density at radius 3 is 2.84 bits per heavy atom. The molecule has 0 saturated carbocycles. The number of carbonyl (C=O) groups is 1. The summed E-state index contributed by atoms with van der Waals surface area (Å²) < 4.78 is 15.2. The number of hydrogen-bond donors (Lipinski definition) is 1.